The summed E-state index contributed by atoms with van der Waals surface area (Å²) in [6, 6.07) is 1.25. The third kappa shape index (κ3) is 1.68. The fourth-order valence-corrected chi connectivity index (χ4v) is 1.24. The maximum Gasteiger partial charge on any atom is 0.208 e. The molecule has 5 heteroatoms. The van der Waals surface area contributed by atoms with Crippen molar-refractivity contribution in [2.75, 3.05) is 7.11 Å². The molecule has 0 aliphatic heterocycles. The van der Waals surface area contributed by atoms with E-state index >= 15 is 0 Å². The van der Waals surface area contributed by atoms with Gasteiger partial charge in [0.2, 0.25) is 5.82 Å². The molecule has 0 bridgehead atoms. The molecule has 0 radical (unpaired) electrons. The highest BCUT2D eigenvalue weighted by atomic mass is 35.5. The lowest BCUT2D eigenvalue weighted by Gasteiger charge is -2.08. The lowest BCUT2D eigenvalue weighted by molar-refractivity contribution is 0.271. The summed E-state index contributed by atoms with van der Waals surface area (Å²) in [7, 11) is 1.24. The predicted octanol–water partition coefficient (Wildman–Crippen LogP) is 1.69. The number of rotatable bonds is 2. The predicted molar refractivity (Wildman–Crippen MR) is 45.5 cm³/mol. The van der Waals surface area contributed by atoms with Crippen molar-refractivity contribution < 1.29 is 19.3 Å². The molecule has 0 saturated heterocycles. The van der Waals surface area contributed by atoms with E-state index in [1.807, 2.05) is 0 Å². The van der Waals surface area contributed by atoms with E-state index in [-0.39, 0.29) is 16.3 Å². The summed E-state index contributed by atoms with van der Waals surface area (Å²) < 4.78 is 17.7. The number of aliphatic hydroxyl groups excluding tert-OH is 1. The van der Waals surface area contributed by atoms with E-state index in [1.54, 1.807) is 0 Å². The minimum absolute atomic E-state index is 0.0156. The summed E-state index contributed by atoms with van der Waals surface area (Å²) >= 11 is 5.60. The first-order valence-electron chi connectivity index (χ1n) is 3.46. The number of halogens is 2. The Bertz CT molecular complexity index is 328. The number of benzene rings is 1. The van der Waals surface area contributed by atoms with Gasteiger partial charge in [0.1, 0.15) is 0 Å². The molecule has 0 aromatic heterocycles. The van der Waals surface area contributed by atoms with Crippen molar-refractivity contribution in [1.82, 2.24) is 0 Å². The van der Waals surface area contributed by atoms with Gasteiger partial charge in [0.05, 0.1) is 18.7 Å². The Morgan fingerprint density at radius 3 is 2.69 bits per heavy atom. The quantitative estimate of drug-likeness (QED) is 0.774. The topological polar surface area (TPSA) is 49.7 Å². The third-order valence-corrected chi connectivity index (χ3v) is 1.88. The SMILES string of the molecule is COc1c(Cl)cc(CO)c(O)c1F. The van der Waals surface area contributed by atoms with Crippen LogP contribution in [0.25, 0.3) is 0 Å². The van der Waals surface area contributed by atoms with Gasteiger partial charge >= 0.3 is 0 Å². The fourth-order valence-electron chi connectivity index (χ4n) is 0.948. The highest BCUT2D eigenvalue weighted by Crippen LogP contribution is 2.36. The first-order chi connectivity index (χ1) is 6.11. The van der Waals surface area contributed by atoms with Gasteiger partial charge in [-0.2, -0.15) is 4.39 Å². The van der Waals surface area contributed by atoms with Crippen LogP contribution in [0.1, 0.15) is 5.56 Å². The molecule has 0 saturated carbocycles. The van der Waals surface area contributed by atoms with Gasteiger partial charge in [-0.05, 0) is 6.07 Å². The van der Waals surface area contributed by atoms with Crippen molar-refractivity contribution in [3.63, 3.8) is 0 Å². The van der Waals surface area contributed by atoms with Gasteiger partial charge in [0.25, 0.3) is 0 Å². The Hall–Kier alpha value is -1.00. The molecular formula is C8H8ClFO3. The first kappa shape index (κ1) is 10.1. The number of phenols is 1. The molecule has 0 heterocycles. The molecule has 72 valence electrons. The highest BCUT2D eigenvalue weighted by Gasteiger charge is 2.16. The number of aromatic hydroxyl groups is 1. The Balaban J connectivity index is 3.37. The standard InChI is InChI=1S/C8H8ClFO3/c1-13-8-5(9)2-4(3-11)7(12)6(8)10/h2,11-12H,3H2,1H3. The van der Waals surface area contributed by atoms with Crippen LogP contribution in [-0.2, 0) is 6.61 Å². The van der Waals surface area contributed by atoms with Crippen LogP contribution in [0.15, 0.2) is 6.07 Å². The van der Waals surface area contributed by atoms with Crippen molar-refractivity contribution in [3.8, 4) is 11.5 Å². The second-order valence-electron chi connectivity index (χ2n) is 2.37. The van der Waals surface area contributed by atoms with E-state index in [0.29, 0.717) is 0 Å². The summed E-state index contributed by atoms with van der Waals surface area (Å²) in [5.74, 6) is -1.82. The van der Waals surface area contributed by atoms with Crippen LogP contribution in [0.5, 0.6) is 11.5 Å². The molecule has 0 atom stereocenters. The molecule has 0 aliphatic carbocycles. The van der Waals surface area contributed by atoms with Crippen LogP contribution in [0.4, 0.5) is 4.39 Å². The summed E-state index contributed by atoms with van der Waals surface area (Å²) in [6.07, 6.45) is 0. The molecule has 0 aliphatic rings. The summed E-state index contributed by atoms with van der Waals surface area (Å²) in [5.41, 5.74) is 0.0308. The lowest BCUT2D eigenvalue weighted by Crippen LogP contribution is -1.94. The normalized spacial score (nSPS) is 10.2. The van der Waals surface area contributed by atoms with E-state index in [2.05, 4.69) is 4.74 Å². The third-order valence-electron chi connectivity index (χ3n) is 1.60. The van der Waals surface area contributed by atoms with Gasteiger partial charge in [-0.15, -0.1) is 0 Å². The second-order valence-corrected chi connectivity index (χ2v) is 2.78. The van der Waals surface area contributed by atoms with Crippen LogP contribution in [0, 0.1) is 5.82 Å². The first-order valence-corrected chi connectivity index (χ1v) is 3.84. The highest BCUT2D eigenvalue weighted by molar-refractivity contribution is 6.32. The zero-order chi connectivity index (χ0) is 10.0. The van der Waals surface area contributed by atoms with Gasteiger partial charge in [-0.1, -0.05) is 11.6 Å². The Morgan fingerprint density at radius 1 is 1.62 bits per heavy atom. The molecule has 2 N–H and O–H groups in total. The molecule has 3 nitrogen and oxygen atoms in total. The number of hydrogen-bond donors (Lipinski definition) is 2. The van der Waals surface area contributed by atoms with Gasteiger partial charge < -0.3 is 14.9 Å². The zero-order valence-electron chi connectivity index (χ0n) is 6.84. The molecular weight excluding hydrogens is 199 g/mol. The minimum Gasteiger partial charge on any atom is -0.504 e. The van der Waals surface area contributed by atoms with E-state index in [1.165, 1.54) is 13.2 Å². The van der Waals surface area contributed by atoms with Gasteiger partial charge in [-0.25, -0.2) is 0 Å². The van der Waals surface area contributed by atoms with E-state index in [9.17, 15) is 4.39 Å². The van der Waals surface area contributed by atoms with Crippen molar-refractivity contribution in [2.24, 2.45) is 0 Å². The molecule has 1 aromatic rings. The number of ether oxygens (including phenoxy) is 1. The number of aliphatic hydroxyl groups is 1. The molecule has 13 heavy (non-hydrogen) atoms. The summed E-state index contributed by atoms with van der Waals surface area (Å²) in [4.78, 5) is 0. The second kappa shape index (κ2) is 3.81. The zero-order valence-corrected chi connectivity index (χ0v) is 7.60. The van der Waals surface area contributed by atoms with Crippen LogP contribution in [0.2, 0.25) is 5.02 Å². The Kier molecular flexibility index (Phi) is 2.95. The Morgan fingerprint density at radius 2 is 2.23 bits per heavy atom. The van der Waals surface area contributed by atoms with Gasteiger partial charge in [0, 0.05) is 5.56 Å². The molecule has 0 unspecified atom stereocenters. The van der Waals surface area contributed by atoms with Gasteiger partial charge in [-0.3, -0.25) is 0 Å². The van der Waals surface area contributed by atoms with Crippen molar-refractivity contribution in [2.45, 2.75) is 6.61 Å². The lowest BCUT2D eigenvalue weighted by atomic mass is 10.2. The van der Waals surface area contributed by atoms with E-state index < -0.39 is 18.2 Å². The van der Waals surface area contributed by atoms with E-state index in [0.717, 1.165) is 0 Å². The van der Waals surface area contributed by atoms with Gasteiger partial charge in [0.15, 0.2) is 11.5 Å². The van der Waals surface area contributed by atoms with E-state index in [4.69, 9.17) is 21.8 Å². The molecule has 0 spiro atoms. The van der Waals surface area contributed by atoms with Crippen molar-refractivity contribution in [3.05, 3.63) is 22.5 Å². The minimum atomic E-state index is -0.959. The smallest absolute Gasteiger partial charge is 0.208 e. The average molecular weight is 207 g/mol. The van der Waals surface area contributed by atoms with Crippen LogP contribution in [-0.4, -0.2) is 17.3 Å². The van der Waals surface area contributed by atoms with Crippen LogP contribution < -0.4 is 4.74 Å². The molecule has 0 amide bonds. The van der Waals surface area contributed by atoms with Crippen LogP contribution >= 0.6 is 11.6 Å². The molecule has 0 fully saturated rings. The summed E-state index contributed by atoms with van der Waals surface area (Å²) in [6.45, 7) is -0.480. The molecule has 1 rings (SSSR count). The van der Waals surface area contributed by atoms with Crippen molar-refractivity contribution >= 4 is 11.6 Å². The number of methoxy groups -OCH3 is 1. The maximum absolute atomic E-state index is 13.1. The maximum atomic E-state index is 13.1. The van der Waals surface area contributed by atoms with Crippen molar-refractivity contribution in [1.29, 1.82) is 0 Å². The number of hydrogen-bond acceptors (Lipinski definition) is 3. The summed E-state index contributed by atoms with van der Waals surface area (Å²) in [5, 5.41) is 17.9. The monoisotopic (exact) mass is 206 g/mol. The fraction of sp³-hybridized carbons (Fsp3) is 0.250. The average Bonchev–Trinajstić information content (AvgIpc) is 2.12. The molecule has 1 aromatic carbocycles. The van der Waals surface area contributed by atoms with Crippen LogP contribution in [0.3, 0.4) is 0 Å². The largest absolute Gasteiger partial charge is 0.504 e. The Labute approximate surface area is 79.3 Å².